The van der Waals surface area contributed by atoms with Crippen molar-refractivity contribution in [2.24, 2.45) is 4.99 Å². The van der Waals surface area contributed by atoms with E-state index >= 15 is 0 Å². The van der Waals surface area contributed by atoms with Gasteiger partial charge in [0.05, 0.1) is 24.0 Å². The summed E-state index contributed by atoms with van der Waals surface area (Å²) in [4.78, 5) is 17.6. The number of nitrogens with one attached hydrogen (secondary N) is 1. The number of thiazole rings is 1. The van der Waals surface area contributed by atoms with Crippen LogP contribution in [0.4, 0.5) is 10.7 Å². The van der Waals surface area contributed by atoms with Crippen molar-refractivity contribution in [3.8, 4) is 11.3 Å². The molecule has 0 radical (unpaired) electrons. The molecule has 6 heteroatoms. The van der Waals surface area contributed by atoms with Crippen LogP contribution in [0.15, 0.2) is 59.6 Å². The first-order valence-corrected chi connectivity index (χ1v) is 10.7. The van der Waals surface area contributed by atoms with Crippen LogP contribution in [0.2, 0.25) is 0 Å². The number of ether oxygens (including phenoxy) is 1. The largest absolute Gasteiger partial charge is 0.376 e. The second kappa shape index (κ2) is 8.76. The van der Waals surface area contributed by atoms with Crippen LogP contribution in [-0.4, -0.2) is 23.2 Å². The quantitative estimate of drug-likeness (QED) is 0.654. The lowest BCUT2D eigenvalue weighted by Gasteiger charge is -2.15. The highest BCUT2D eigenvalue weighted by atomic mass is 32.1. The smallest absolute Gasteiger partial charge is 0.221 e. The zero-order chi connectivity index (χ0) is 20.2. The number of anilines is 1. The summed E-state index contributed by atoms with van der Waals surface area (Å²) in [6.45, 7) is 5.13. The van der Waals surface area contributed by atoms with E-state index in [1.807, 2.05) is 30.3 Å². The molecule has 1 N–H and O–H groups in total. The van der Waals surface area contributed by atoms with Crippen molar-refractivity contribution in [1.82, 2.24) is 4.57 Å². The maximum atomic E-state index is 11.9. The lowest BCUT2D eigenvalue weighted by molar-refractivity contribution is -0.114. The van der Waals surface area contributed by atoms with Crippen LogP contribution in [0, 0.1) is 6.92 Å². The van der Waals surface area contributed by atoms with Crippen LogP contribution in [0.5, 0.6) is 0 Å². The van der Waals surface area contributed by atoms with Gasteiger partial charge in [-0.1, -0.05) is 59.4 Å². The van der Waals surface area contributed by atoms with Gasteiger partial charge in [-0.25, -0.2) is 4.99 Å². The van der Waals surface area contributed by atoms with Gasteiger partial charge in [0.1, 0.15) is 5.00 Å². The standard InChI is InChI=1S/C23H25N3O2S/c1-16-10-12-18(13-11-16)21-22(24-17(2)27)29-23(25-19-7-4-3-5-8-19)26(21)15-20-9-6-14-28-20/h3-5,7-8,10-13,20H,6,9,14-15H2,1-2H3,(H,24,27). The Hall–Kier alpha value is -2.70. The molecule has 1 atom stereocenters. The monoisotopic (exact) mass is 407 g/mol. The number of hydrogen-bond acceptors (Lipinski definition) is 4. The average Bonchev–Trinajstić information content (AvgIpc) is 3.32. The van der Waals surface area contributed by atoms with Gasteiger partial charge in [0.25, 0.3) is 0 Å². The lowest BCUT2D eigenvalue weighted by Crippen LogP contribution is -2.24. The molecule has 1 aliphatic rings. The molecular formula is C23H25N3O2S. The minimum Gasteiger partial charge on any atom is -0.376 e. The van der Waals surface area contributed by atoms with Crippen LogP contribution in [-0.2, 0) is 16.1 Å². The van der Waals surface area contributed by atoms with E-state index in [0.29, 0.717) is 6.54 Å². The first-order valence-electron chi connectivity index (χ1n) is 9.90. The third-order valence-electron chi connectivity index (χ3n) is 4.91. The van der Waals surface area contributed by atoms with Crippen molar-refractivity contribution in [3.05, 3.63) is 65.0 Å². The van der Waals surface area contributed by atoms with Crippen molar-refractivity contribution in [3.63, 3.8) is 0 Å². The molecule has 4 rings (SSSR count). The molecule has 1 aliphatic heterocycles. The topological polar surface area (TPSA) is 55.6 Å². The summed E-state index contributed by atoms with van der Waals surface area (Å²) in [5.41, 5.74) is 4.13. The molecule has 150 valence electrons. The fourth-order valence-corrected chi connectivity index (χ4v) is 4.64. The van der Waals surface area contributed by atoms with E-state index < -0.39 is 0 Å². The lowest BCUT2D eigenvalue weighted by atomic mass is 10.1. The number of carbonyl (C=O) groups is 1. The van der Waals surface area contributed by atoms with Crippen LogP contribution in [0.3, 0.4) is 0 Å². The Labute approximate surface area is 174 Å². The van der Waals surface area contributed by atoms with E-state index in [-0.39, 0.29) is 12.0 Å². The second-order valence-electron chi connectivity index (χ2n) is 7.30. The van der Waals surface area contributed by atoms with Crippen molar-refractivity contribution < 1.29 is 9.53 Å². The van der Waals surface area contributed by atoms with Gasteiger partial charge in [0.2, 0.25) is 5.91 Å². The second-order valence-corrected chi connectivity index (χ2v) is 8.28. The third-order valence-corrected chi connectivity index (χ3v) is 5.91. The Morgan fingerprint density at radius 2 is 1.97 bits per heavy atom. The first kappa shape index (κ1) is 19.6. The van der Waals surface area contributed by atoms with Gasteiger partial charge in [-0.2, -0.15) is 0 Å². The molecule has 3 aromatic rings. The number of para-hydroxylation sites is 1. The predicted molar refractivity (Wildman–Crippen MR) is 117 cm³/mol. The maximum Gasteiger partial charge on any atom is 0.221 e. The molecule has 1 unspecified atom stereocenters. The number of hydrogen-bond donors (Lipinski definition) is 1. The molecule has 1 saturated heterocycles. The number of nitrogens with zero attached hydrogens (tertiary/aromatic N) is 2. The molecule has 0 spiro atoms. The van der Waals surface area contributed by atoms with Crippen molar-refractivity contribution in [2.45, 2.75) is 39.3 Å². The minimum absolute atomic E-state index is 0.0878. The van der Waals surface area contributed by atoms with Gasteiger partial charge in [-0.3, -0.25) is 4.79 Å². The van der Waals surface area contributed by atoms with Gasteiger partial charge >= 0.3 is 0 Å². The summed E-state index contributed by atoms with van der Waals surface area (Å²) < 4.78 is 8.12. The predicted octanol–water partition coefficient (Wildman–Crippen LogP) is 4.89. The van der Waals surface area contributed by atoms with Crippen LogP contribution in [0.25, 0.3) is 11.3 Å². The summed E-state index contributed by atoms with van der Waals surface area (Å²) in [7, 11) is 0. The minimum atomic E-state index is -0.0878. The van der Waals surface area contributed by atoms with Crippen LogP contribution >= 0.6 is 11.3 Å². The molecular weight excluding hydrogens is 382 g/mol. The molecule has 2 aromatic carbocycles. The number of carbonyl (C=O) groups excluding carboxylic acids is 1. The van der Waals surface area contributed by atoms with E-state index in [1.165, 1.54) is 23.8 Å². The number of aromatic nitrogens is 1. The van der Waals surface area contributed by atoms with E-state index in [2.05, 4.69) is 41.1 Å². The fraction of sp³-hybridized carbons (Fsp3) is 0.304. The number of benzene rings is 2. The van der Waals surface area contributed by atoms with Gasteiger partial charge in [0.15, 0.2) is 4.80 Å². The van der Waals surface area contributed by atoms with Crippen molar-refractivity contribution in [2.75, 3.05) is 11.9 Å². The SMILES string of the molecule is CC(=O)Nc1sc(=Nc2ccccc2)n(CC2CCCO2)c1-c1ccc(C)cc1. The maximum absolute atomic E-state index is 11.9. The van der Waals surface area contributed by atoms with Crippen LogP contribution < -0.4 is 10.1 Å². The highest BCUT2D eigenvalue weighted by molar-refractivity contribution is 7.14. The fourth-order valence-electron chi connectivity index (χ4n) is 3.51. The van der Waals surface area contributed by atoms with Crippen molar-refractivity contribution >= 4 is 27.9 Å². The number of rotatable bonds is 5. The number of aryl methyl sites for hydroxylation is 1. The molecule has 5 nitrogen and oxygen atoms in total. The molecule has 2 heterocycles. The van der Waals surface area contributed by atoms with E-state index in [4.69, 9.17) is 9.73 Å². The molecule has 1 amide bonds. The van der Waals surface area contributed by atoms with Gasteiger partial charge in [0, 0.05) is 19.1 Å². The zero-order valence-electron chi connectivity index (χ0n) is 16.7. The molecule has 0 bridgehead atoms. The van der Waals surface area contributed by atoms with E-state index in [9.17, 15) is 4.79 Å². The van der Waals surface area contributed by atoms with Crippen LogP contribution in [0.1, 0.15) is 25.3 Å². The third kappa shape index (κ3) is 4.66. The zero-order valence-corrected chi connectivity index (χ0v) is 17.5. The molecule has 0 saturated carbocycles. The Kier molecular flexibility index (Phi) is 5.92. The normalized spacial score (nSPS) is 16.9. The Morgan fingerprint density at radius 3 is 2.62 bits per heavy atom. The highest BCUT2D eigenvalue weighted by Gasteiger charge is 2.22. The molecule has 1 aromatic heterocycles. The summed E-state index contributed by atoms with van der Waals surface area (Å²) in [6.07, 6.45) is 2.28. The summed E-state index contributed by atoms with van der Waals surface area (Å²) in [6, 6.07) is 18.3. The molecule has 0 aliphatic carbocycles. The van der Waals surface area contributed by atoms with E-state index in [0.717, 1.165) is 46.2 Å². The molecule has 29 heavy (non-hydrogen) atoms. The van der Waals surface area contributed by atoms with Gasteiger partial charge < -0.3 is 14.6 Å². The number of amides is 1. The highest BCUT2D eigenvalue weighted by Crippen LogP contribution is 2.32. The van der Waals surface area contributed by atoms with Gasteiger partial charge in [-0.15, -0.1) is 0 Å². The van der Waals surface area contributed by atoms with E-state index in [1.54, 1.807) is 0 Å². The average molecular weight is 408 g/mol. The summed E-state index contributed by atoms with van der Waals surface area (Å²) >= 11 is 1.50. The first-order chi connectivity index (χ1) is 14.1. The Bertz CT molecular complexity index is 1050. The Balaban J connectivity index is 1.90. The summed E-state index contributed by atoms with van der Waals surface area (Å²) in [5, 5.41) is 3.83. The summed E-state index contributed by atoms with van der Waals surface area (Å²) in [5.74, 6) is -0.0878. The van der Waals surface area contributed by atoms with Gasteiger partial charge in [-0.05, 0) is 31.9 Å². The van der Waals surface area contributed by atoms with Crippen molar-refractivity contribution in [1.29, 1.82) is 0 Å². The Morgan fingerprint density at radius 1 is 1.21 bits per heavy atom. The molecule has 1 fully saturated rings.